The zero-order valence-electron chi connectivity index (χ0n) is 17.1. The Balaban J connectivity index is 1.39. The maximum Gasteiger partial charge on any atom is 0.136 e. The molecule has 0 bridgehead atoms. The van der Waals surface area contributed by atoms with Crippen LogP contribution >= 0.6 is 0 Å². The number of rotatable bonds is 2. The lowest BCUT2D eigenvalue weighted by Crippen LogP contribution is -1.96. The molecule has 0 aliphatic rings. The van der Waals surface area contributed by atoms with Crippen molar-refractivity contribution in [2.75, 3.05) is 0 Å². The third kappa shape index (κ3) is 2.50. The van der Waals surface area contributed by atoms with Crippen molar-refractivity contribution in [1.82, 2.24) is 15.0 Å². The van der Waals surface area contributed by atoms with Crippen LogP contribution in [0.5, 0.6) is 0 Å². The SMILES string of the molecule is c1ccc2c(c1)cc(-n1cc(-c3ccc4c(c3)oc3ccccc34)nn1)c1ccccc12. The van der Waals surface area contributed by atoms with Gasteiger partial charge in [0.25, 0.3) is 0 Å². The van der Waals surface area contributed by atoms with Crippen LogP contribution in [0.4, 0.5) is 0 Å². The van der Waals surface area contributed by atoms with Gasteiger partial charge in [-0.3, -0.25) is 0 Å². The smallest absolute Gasteiger partial charge is 0.136 e. The molecule has 5 aromatic carbocycles. The van der Waals surface area contributed by atoms with E-state index in [1.807, 2.05) is 35.1 Å². The molecular formula is C28H17N3O. The molecule has 0 N–H and O–H groups in total. The first-order valence-electron chi connectivity index (χ1n) is 10.6. The summed E-state index contributed by atoms with van der Waals surface area (Å²) < 4.78 is 7.92. The minimum absolute atomic E-state index is 0.810. The Morgan fingerprint density at radius 1 is 0.594 bits per heavy atom. The molecule has 32 heavy (non-hydrogen) atoms. The van der Waals surface area contributed by atoms with E-state index in [-0.39, 0.29) is 0 Å². The first kappa shape index (κ1) is 17.3. The van der Waals surface area contributed by atoms with Gasteiger partial charge in [-0.1, -0.05) is 78.0 Å². The van der Waals surface area contributed by atoms with Crippen molar-refractivity contribution in [3.8, 4) is 16.9 Å². The van der Waals surface area contributed by atoms with Gasteiger partial charge in [0, 0.05) is 21.7 Å². The number of benzene rings is 5. The summed E-state index contributed by atoms with van der Waals surface area (Å²) in [5, 5.41) is 16.0. The molecule has 0 amide bonds. The first-order valence-corrected chi connectivity index (χ1v) is 10.6. The molecule has 7 rings (SSSR count). The maximum absolute atomic E-state index is 6.06. The molecule has 2 aromatic heterocycles. The summed E-state index contributed by atoms with van der Waals surface area (Å²) in [5.41, 5.74) is 4.56. The molecule has 0 saturated heterocycles. The average molecular weight is 411 g/mol. The van der Waals surface area contributed by atoms with Crippen molar-refractivity contribution in [2.24, 2.45) is 0 Å². The molecule has 4 nitrogen and oxygen atoms in total. The molecule has 0 atom stereocenters. The van der Waals surface area contributed by atoms with E-state index in [2.05, 4.69) is 83.1 Å². The van der Waals surface area contributed by atoms with Crippen LogP contribution in [0.1, 0.15) is 0 Å². The van der Waals surface area contributed by atoms with Gasteiger partial charge in [-0.05, 0) is 40.4 Å². The lowest BCUT2D eigenvalue weighted by Gasteiger charge is -2.10. The molecule has 2 heterocycles. The van der Waals surface area contributed by atoms with Gasteiger partial charge in [0.05, 0.1) is 11.9 Å². The van der Waals surface area contributed by atoms with Gasteiger partial charge in [0.15, 0.2) is 0 Å². The summed E-state index contributed by atoms with van der Waals surface area (Å²) >= 11 is 0. The third-order valence-corrected chi connectivity index (χ3v) is 6.16. The van der Waals surface area contributed by atoms with E-state index < -0.39 is 0 Å². The van der Waals surface area contributed by atoms with Crippen LogP contribution in [0.2, 0.25) is 0 Å². The lowest BCUT2D eigenvalue weighted by atomic mass is 10.0. The number of fused-ring (bicyclic) bond motifs is 6. The first-order chi connectivity index (χ1) is 15.8. The summed E-state index contributed by atoms with van der Waals surface area (Å²) in [4.78, 5) is 0. The van der Waals surface area contributed by atoms with Gasteiger partial charge in [0.2, 0.25) is 0 Å². The Kier molecular flexibility index (Phi) is 3.52. The number of hydrogen-bond acceptors (Lipinski definition) is 3. The highest BCUT2D eigenvalue weighted by molar-refractivity contribution is 6.11. The van der Waals surface area contributed by atoms with Gasteiger partial charge >= 0.3 is 0 Å². The Hall–Kier alpha value is -4.44. The maximum atomic E-state index is 6.06. The van der Waals surface area contributed by atoms with Crippen LogP contribution < -0.4 is 0 Å². The van der Waals surface area contributed by atoms with Crippen LogP contribution in [-0.4, -0.2) is 15.0 Å². The van der Waals surface area contributed by atoms with Crippen molar-refractivity contribution >= 4 is 43.5 Å². The van der Waals surface area contributed by atoms with E-state index in [9.17, 15) is 0 Å². The molecule has 0 saturated carbocycles. The third-order valence-electron chi connectivity index (χ3n) is 6.16. The Bertz CT molecular complexity index is 1790. The van der Waals surface area contributed by atoms with Gasteiger partial charge in [0.1, 0.15) is 16.9 Å². The molecule has 7 aromatic rings. The van der Waals surface area contributed by atoms with Gasteiger partial charge < -0.3 is 4.42 Å². The number of furan rings is 1. The molecule has 0 aliphatic carbocycles. The van der Waals surface area contributed by atoms with E-state index in [1.54, 1.807) is 0 Å². The molecular weight excluding hydrogens is 394 g/mol. The van der Waals surface area contributed by atoms with Crippen molar-refractivity contribution < 1.29 is 4.42 Å². The minimum atomic E-state index is 0.810. The summed E-state index contributed by atoms with van der Waals surface area (Å²) in [6.07, 6.45) is 1.99. The van der Waals surface area contributed by atoms with Crippen molar-refractivity contribution in [3.05, 3.63) is 103 Å². The van der Waals surface area contributed by atoms with Crippen molar-refractivity contribution in [2.45, 2.75) is 0 Å². The Morgan fingerprint density at radius 3 is 2.22 bits per heavy atom. The molecule has 150 valence electrons. The Morgan fingerprint density at radius 2 is 1.31 bits per heavy atom. The fourth-order valence-electron chi connectivity index (χ4n) is 4.62. The fourth-order valence-corrected chi connectivity index (χ4v) is 4.62. The van der Waals surface area contributed by atoms with E-state index in [1.165, 1.54) is 16.2 Å². The topological polar surface area (TPSA) is 43.9 Å². The fraction of sp³-hybridized carbons (Fsp3) is 0. The molecule has 0 radical (unpaired) electrons. The monoisotopic (exact) mass is 411 g/mol. The van der Waals surface area contributed by atoms with Gasteiger partial charge in [-0.2, -0.15) is 0 Å². The molecule has 0 fully saturated rings. The standard InChI is InChI=1S/C28H17N3O/c1-2-8-20-18(7-1)15-26(22-10-4-3-9-21(20)22)31-17-25(29-30-31)19-13-14-24-23-11-5-6-12-27(23)32-28(24)16-19/h1-17H. The summed E-state index contributed by atoms with van der Waals surface area (Å²) in [6.45, 7) is 0. The highest BCUT2D eigenvalue weighted by atomic mass is 16.3. The van der Waals surface area contributed by atoms with E-state index >= 15 is 0 Å². The van der Waals surface area contributed by atoms with E-state index in [0.717, 1.165) is 44.3 Å². The molecule has 0 unspecified atom stereocenters. The second kappa shape index (κ2) is 6.53. The van der Waals surface area contributed by atoms with Gasteiger partial charge in [-0.25, -0.2) is 4.68 Å². The predicted molar refractivity (Wildman–Crippen MR) is 129 cm³/mol. The number of nitrogens with zero attached hydrogens (tertiary/aromatic N) is 3. The van der Waals surface area contributed by atoms with Crippen molar-refractivity contribution in [1.29, 1.82) is 0 Å². The van der Waals surface area contributed by atoms with Crippen LogP contribution in [-0.2, 0) is 0 Å². The second-order valence-corrected chi connectivity index (χ2v) is 8.02. The number of hydrogen-bond donors (Lipinski definition) is 0. The largest absolute Gasteiger partial charge is 0.456 e. The van der Waals surface area contributed by atoms with E-state index in [0.29, 0.717) is 0 Å². The van der Waals surface area contributed by atoms with Crippen LogP contribution in [0.3, 0.4) is 0 Å². The highest BCUT2D eigenvalue weighted by Crippen LogP contribution is 2.33. The van der Waals surface area contributed by atoms with Crippen LogP contribution in [0.25, 0.3) is 60.4 Å². The van der Waals surface area contributed by atoms with Crippen molar-refractivity contribution in [3.63, 3.8) is 0 Å². The molecule has 4 heteroatoms. The number of para-hydroxylation sites is 1. The van der Waals surface area contributed by atoms with E-state index in [4.69, 9.17) is 4.42 Å². The Labute approximate surface area is 183 Å². The zero-order valence-corrected chi connectivity index (χ0v) is 17.1. The van der Waals surface area contributed by atoms with Gasteiger partial charge in [-0.15, -0.1) is 5.10 Å². The summed E-state index contributed by atoms with van der Waals surface area (Å²) in [5.74, 6) is 0. The molecule has 0 aliphatic heterocycles. The van der Waals surface area contributed by atoms with Crippen LogP contribution in [0, 0.1) is 0 Å². The average Bonchev–Trinajstić information content (AvgIpc) is 3.48. The highest BCUT2D eigenvalue weighted by Gasteiger charge is 2.13. The summed E-state index contributed by atoms with van der Waals surface area (Å²) in [6, 6.07) is 33.4. The number of aromatic nitrogens is 3. The summed E-state index contributed by atoms with van der Waals surface area (Å²) in [7, 11) is 0. The van der Waals surface area contributed by atoms with Crippen LogP contribution in [0.15, 0.2) is 108 Å². The predicted octanol–water partition coefficient (Wildman–Crippen LogP) is 7.14. The second-order valence-electron chi connectivity index (χ2n) is 8.02. The zero-order chi connectivity index (χ0) is 21.1. The normalized spacial score (nSPS) is 11.8. The quantitative estimate of drug-likeness (QED) is 0.284. The minimum Gasteiger partial charge on any atom is -0.456 e. The molecule has 0 spiro atoms. The lowest BCUT2D eigenvalue weighted by molar-refractivity contribution is 0.669.